The standard InChI is InChI=1S/C13H15N3O3/c1-4-16-13-10(19-3)7-9(5-6-11(17)18)8(2)12(13)14-15-16/h5-7H,4H2,1-3H3,(H,17,18)/b6-5+. The monoisotopic (exact) mass is 261 g/mol. The maximum atomic E-state index is 10.6. The van der Waals surface area contributed by atoms with Gasteiger partial charge in [-0.3, -0.25) is 0 Å². The summed E-state index contributed by atoms with van der Waals surface area (Å²) >= 11 is 0. The van der Waals surface area contributed by atoms with Crippen molar-refractivity contribution in [1.82, 2.24) is 15.0 Å². The molecule has 1 N–H and O–H groups in total. The maximum Gasteiger partial charge on any atom is 0.328 e. The van der Waals surface area contributed by atoms with Crippen LogP contribution in [0.3, 0.4) is 0 Å². The Balaban J connectivity index is 2.69. The predicted octanol–water partition coefficient (Wildman–Crippen LogP) is 1.87. The second kappa shape index (κ2) is 5.09. The topological polar surface area (TPSA) is 77.2 Å². The minimum absolute atomic E-state index is 0.637. The average Bonchev–Trinajstić information content (AvgIpc) is 2.82. The second-order valence-corrected chi connectivity index (χ2v) is 4.07. The summed E-state index contributed by atoms with van der Waals surface area (Å²) in [6.07, 6.45) is 2.63. The first-order valence-electron chi connectivity index (χ1n) is 5.90. The van der Waals surface area contributed by atoms with Crippen LogP contribution in [0.1, 0.15) is 18.1 Å². The van der Waals surface area contributed by atoms with Crippen LogP contribution in [0.25, 0.3) is 17.1 Å². The lowest BCUT2D eigenvalue weighted by atomic mass is 10.1. The van der Waals surface area contributed by atoms with Crippen LogP contribution in [0.5, 0.6) is 5.75 Å². The van der Waals surface area contributed by atoms with E-state index in [0.717, 1.165) is 28.2 Å². The van der Waals surface area contributed by atoms with Gasteiger partial charge in [0.15, 0.2) is 0 Å². The van der Waals surface area contributed by atoms with Crippen molar-refractivity contribution in [2.24, 2.45) is 0 Å². The molecular weight excluding hydrogens is 246 g/mol. The Labute approximate surface area is 110 Å². The first-order valence-corrected chi connectivity index (χ1v) is 5.90. The molecule has 0 unspecified atom stereocenters. The van der Waals surface area contributed by atoms with Crippen LogP contribution >= 0.6 is 0 Å². The van der Waals surface area contributed by atoms with Crippen LogP contribution in [0.4, 0.5) is 0 Å². The molecule has 1 aromatic carbocycles. The lowest BCUT2D eigenvalue weighted by Crippen LogP contribution is -1.99. The molecule has 1 aromatic heterocycles. The van der Waals surface area contributed by atoms with Crippen molar-refractivity contribution in [2.75, 3.05) is 7.11 Å². The quantitative estimate of drug-likeness (QED) is 0.850. The lowest BCUT2D eigenvalue weighted by molar-refractivity contribution is -0.131. The zero-order valence-corrected chi connectivity index (χ0v) is 11.0. The number of aryl methyl sites for hydroxylation is 2. The number of nitrogens with zero attached hydrogens (tertiary/aromatic N) is 3. The molecule has 0 spiro atoms. The van der Waals surface area contributed by atoms with Crippen LogP contribution in [-0.2, 0) is 11.3 Å². The van der Waals surface area contributed by atoms with Gasteiger partial charge in [-0.05, 0) is 37.1 Å². The fourth-order valence-corrected chi connectivity index (χ4v) is 1.98. The number of aromatic nitrogens is 3. The Kier molecular flexibility index (Phi) is 3.50. The third-order valence-electron chi connectivity index (χ3n) is 2.97. The largest absolute Gasteiger partial charge is 0.494 e. The van der Waals surface area contributed by atoms with Gasteiger partial charge in [0, 0.05) is 12.6 Å². The normalized spacial score (nSPS) is 11.3. The van der Waals surface area contributed by atoms with E-state index in [4.69, 9.17) is 9.84 Å². The van der Waals surface area contributed by atoms with Crippen LogP contribution in [0.15, 0.2) is 12.1 Å². The molecule has 0 atom stereocenters. The van der Waals surface area contributed by atoms with Gasteiger partial charge >= 0.3 is 5.97 Å². The van der Waals surface area contributed by atoms with Crippen molar-refractivity contribution >= 4 is 23.1 Å². The SMILES string of the molecule is CCn1nnc2c(C)c(/C=C/C(=O)O)cc(OC)c21. The highest BCUT2D eigenvalue weighted by molar-refractivity contribution is 5.91. The van der Waals surface area contributed by atoms with E-state index in [1.807, 2.05) is 13.8 Å². The van der Waals surface area contributed by atoms with Crippen molar-refractivity contribution < 1.29 is 14.6 Å². The van der Waals surface area contributed by atoms with Crippen LogP contribution in [0, 0.1) is 6.92 Å². The summed E-state index contributed by atoms with van der Waals surface area (Å²) in [5.74, 6) is -0.354. The first kappa shape index (κ1) is 13.1. The number of carboxylic acid groups (broad SMARTS) is 1. The molecule has 0 fully saturated rings. The number of rotatable bonds is 4. The van der Waals surface area contributed by atoms with Gasteiger partial charge < -0.3 is 9.84 Å². The molecule has 2 rings (SSSR count). The molecule has 6 nitrogen and oxygen atoms in total. The highest BCUT2D eigenvalue weighted by atomic mass is 16.5. The van der Waals surface area contributed by atoms with Gasteiger partial charge in [0.2, 0.25) is 0 Å². The molecule has 0 saturated carbocycles. The Morgan fingerprint density at radius 1 is 1.58 bits per heavy atom. The number of aliphatic carboxylic acids is 1. The Morgan fingerprint density at radius 2 is 2.32 bits per heavy atom. The molecule has 100 valence electrons. The predicted molar refractivity (Wildman–Crippen MR) is 71.2 cm³/mol. The average molecular weight is 261 g/mol. The molecule has 0 aliphatic heterocycles. The number of methoxy groups -OCH3 is 1. The van der Waals surface area contributed by atoms with Gasteiger partial charge in [-0.25, -0.2) is 9.48 Å². The van der Waals surface area contributed by atoms with Crippen molar-refractivity contribution in [3.05, 3.63) is 23.3 Å². The van der Waals surface area contributed by atoms with E-state index in [1.54, 1.807) is 17.9 Å². The number of carboxylic acids is 1. The van der Waals surface area contributed by atoms with Crippen molar-refractivity contribution in [1.29, 1.82) is 0 Å². The second-order valence-electron chi connectivity index (χ2n) is 4.07. The van der Waals surface area contributed by atoms with Crippen LogP contribution in [-0.4, -0.2) is 33.2 Å². The molecule has 19 heavy (non-hydrogen) atoms. The van der Waals surface area contributed by atoms with Crippen molar-refractivity contribution in [2.45, 2.75) is 20.4 Å². The number of fused-ring (bicyclic) bond motifs is 1. The van der Waals surface area contributed by atoms with E-state index >= 15 is 0 Å². The van der Waals surface area contributed by atoms with E-state index in [2.05, 4.69) is 10.3 Å². The minimum Gasteiger partial charge on any atom is -0.494 e. The number of benzene rings is 1. The molecule has 6 heteroatoms. The number of carbonyl (C=O) groups is 1. The van der Waals surface area contributed by atoms with Gasteiger partial charge in [0.1, 0.15) is 16.8 Å². The maximum absolute atomic E-state index is 10.6. The summed E-state index contributed by atoms with van der Waals surface area (Å²) in [6.45, 7) is 4.55. The molecule has 0 aliphatic rings. The van der Waals surface area contributed by atoms with Crippen molar-refractivity contribution in [3.8, 4) is 5.75 Å². The van der Waals surface area contributed by atoms with Gasteiger partial charge in [-0.1, -0.05) is 5.21 Å². The van der Waals surface area contributed by atoms with E-state index in [0.29, 0.717) is 12.3 Å². The van der Waals surface area contributed by atoms with E-state index < -0.39 is 5.97 Å². The summed E-state index contributed by atoms with van der Waals surface area (Å²) in [5, 5.41) is 16.9. The molecule has 0 radical (unpaired) electrons. The fraction of sp³-hybridized carbons (Fsp3) is 0.308. The zero-order chi connectivity index (χ0) is 14.0. The summed E-state index contributed by atoms with van der Waals surface area (Å²) in [4.78, 5) is 10.6. The number of hydrogen-bond donors (Lipinski definition) is 1. The molecule has 0 saturated heterocycles. The van der Waals surface area contributed by atoms with Gasteiger partial charge in [-0.15, -0.1) is 5.10 Å². The fourth-order valence-electron chi connectivity index (χ4n) is 1.98. The molecule has 0 aliphatic carbocycles. The summed E-state index contributed by atoms with van der Waals surface area (Å²) in [7, 11) is 1.57. The lowest BCUT2D eigenvalue weighted by Gasteiger charge is -2.08. The van der Waals surface area contributed by atoms with Gasteiger partial charge in [0.25, 0.3) is 0 Å². The van der Waals surface area contributed by atoms with Crippen molar-refractivity contribution in [3.63, 3.8) is 0 Å². The van der Waals surface area contributed by atoms with Gasteiger partial charge in [0.05, 0.1) is 7.11 Å². The Bertz CT molecular complexity index is 659. The van der Waals surface area contributed by atoms with E-state index in [-0.39, 0.29) is 0 Å². The smallest absolute Gasteiger partial charge is 0.328 e. The van der Waals surface area contributed by atoms with Crippen LogP contribution < -0.4 is 4.74 Å². The number of ether oxygens (including phenoxy) is 1. The zero-order valence-electron chi connectivity index (χ0n) is 11.0. The summed E-state index contributed by atoms with van der Waals surface area (Å²) in [5.41, 5.74) is 3.20. The third kappa shape index (κ3) is 2.29. The molecule has 1 heterocycles. The third-order valence-corrected chi connectivity index (χ3v) is 2.97. The first-order chi connectivity index (χ1) is 9.08. The van der Waals surface area contributed by atoms with Gasteiger partial charge in [-0.2, -0.15) is 0 Å². The van der Waals surface area contributed by atoms with E-state index in [9.17, 15) is 4.79 Å². The number of hydrogen-bond acceptors (Lipinski definition) is 4. The minimum atomic E-state index is -0.990. The Hall–Kier alpha value is -2.37. The highest BCUT2D eigenvalue weighted by Crippen LogP contribution is 2.30. The van der Waals surface area contributed by atoms with Crippen LogP contribution in [0.2, 0.25) is 0 Å². The summed E-state index contributed by atoms with van der Waals surface area (Å²) in [6, 6.07) is 1.80. The molecule has 2 aromatic rings. The highest BCUT2D eigenvalue weighted by Gasteiger charge is 2.14. The Morgan fingerprint density at radius 3 is 2.89 bits per heavy atom. The molecular formula is C13H15N3O3. The molecule has 0 bridgehead atoms. The summed E-state index contributed by atoms with van der Waals surface area (Å²) < 4.78 is 7.10. The van der Waals surface area contributed by atoms with E-state index in [1.165, 1.54) is 6.08 Å². The molecule has 0 amide bonds.